The Hall–Kier alpha value is -1.85. The molecule has 0 saturated carbocycles. The van der Waals surface area contributed by atoms with Crippen LogP contribution in [0.3, 0.4) is 0 Å². The Kier molecular flexibility index (Phi) is 43.2. The number of aliphatic hydroxyl groups excluding tert-OH is 5. The second kappa shape index (κ2) is 45.9. The van der Waals surface area contributed by atoms with Crippen molar-refractivity contribution in [3.05, 3.63) is 48.6 Å². The van der Waals surface area contributed by atoms with E-state index >= 15 is 0 Å². The zero-order chi connectivity index (χ0) is 47.3. The fraction of sp³-hybridized carbons (Fsp3) is 0.839. The van der Waals surface area contributed by atoms with E-state index in [0.29, 0.717) is 12.8 Å². The van der Waals surface area contributed by atoms with Crippen molar-refractivity contribution < 1.29 is 39.8 Å². The van der Waals surface area contributed by atoms with E-state index in [1.54, 1.807) is 0 Å². The molecule has 0 aromatic rings. The molecule has 1 aliphatic rings. The van der Waals surface area contributed by atoms with Gasteiger partial charge in [0, 0.05) is 6.42 Å². The summed E-state index contributed by atoms with van der Waals surface area (Å²) in [6.07, 6.45) is 52.6. The first kappa shape index (κ1) is 61.2. The molecule has 1 saturated heterocycles. The summed E-state index contributed by atoms with van der Waals surface area (Å²) in [5.74, 6) is -0.152. The van der Waals surface area contributed by atoms with Crippen LogP contribution in [0.4, 0.5) is 0 Å². The third kappa shape index (κ3) is 35.9. The molecule has 1 fully saturated rings. The summed E-state index contributed by atoms with van der Waals surface area (Å²) in [4.78, 5) is 13.1. The highest BCUT2D eigenvalue weighted by Crippen LogP contribution is 2.23. The first-order valence-electron chi connectivity index (χ1n) is 27.3. The minimum Gasteiger partial charge on any atom is -0.394 e. The molecule has 0 aromatic heterocycles. The summed E-state index contributed by atoms with van der Waals surface area (Å²) in [6, 6.07) is -0.725. The van der Waals surface area contributed by atoms with E-state index in [0.717, 1.165) is 70.6 Å². The van der Waals surface area contributed by atoms with Gasteiger partial charge in [-0.3, -0.25) is 4.79 Å². The smallest absolute Gasteiger partial charge is 0.220 e. The van der Waals surface area contributed by atoms with Gasteiger partial charge in [-0.25, -0.2) is 0 Å². The van der Waals surface area contributed by atoms with E-state index in [9.17, 15) is 30.3 Å². The molecule has 1 heterocycles. The molecule has 0 bridgehead atoms. The lowest BCUT2D eigenvalue weighted by Crippen LogP contribution is -2.60. The lowest BCUT2D eigenvalue weighted by atomic mass is 9.99. The number of nitrogens with one attached hydrogen (secondary N) is 1. The SMILES string of the molecule is CC/C=C\C/C=C\C/C=C\C/C=C\CCCCCCCCCCC(=O)NC(COC1OC(CO)C(O)C(O)C1O)C(O)CCCCCCCCCCCCCCCCCCCCCCC. The Morgan fingerprint density at radius 2 is 0.954 bits per heavy atom. The van der Waals surface area contributed by atoms with Crippen LogP contribution < -0.4 is 5.32 Å². The second-order valence-electron chi connectivity index (χ2n) is 19.0. The van der Waals surface area contributed by atoms with Gasteiger partial charge in [0.15, 0.2) is 6.29 Å². The zero-order valence-electron chi connectivity index (χ0n) is 42.0. The molecule has 0 aliphatic carbocycles. The molecule has 380 valence electrons. The van der Waals surface area contributed by atoms with Gasteiger partial charge in [-0.05, 0) is 51.4 Å². The Labute approximate surface area is 399 Å². The predicted molar refractivity (Wildman–Crippen MR) is 272 cm³/mol. The van der Waals surface area contributed by atoms with Gasteiger partial charge in [-0.2, -0.15) is 0 Å². The average molecular weight is 918 g/mol. The summed E-state index contributed by atoms with van der Waals surface area (Å²) in [6.45, 7) is 3.74. The minimum absolute atomic E-state index is 0.142. The third-order valence-corrected chi connectivity index (χ3v) is 12.9. The second-order valence-corrected chi connectivity index (χ2v) is 19.0. The number of hydrogen-bond acceptors (Lipinski definition) is 8. The van der Waals surface area contributed by atoms with Crippen molar-refractivity contribution in [3.63, 3.8) is 0 Å². The molecule has 6 N–H and O–H groups in total. The molecule has 0 aromatic carbocycles. The number of hydrogen-bond donors (Lipinski definition) is 6. The molecule has 65 heavy (non-hydrogen) atoms. The maximum Gasteiger partial charge on any atom is 0.220 e. The molecule has 9 heteroatoms. The maximum absolute atomic E-state index is 13.1. The highest BCUT2D eigenvalue weighted by atomic mass is 16.7. The molecular weight excluding hydrogens is 815 g/mol. The van der Waals surface area contributed by atoms with Crippen LogP contribution >= 0.6 is 0 Å². The summed E-state index contributed by atoms with van der Waals surface area (Å²) in [5, 5.41) is 54.6. The standard InChI is InChI=1S/C56H103NO8/c1-3-5-7-9-11-13-15-17-19-21-23-25-27-29-31-33-35-37-39-41-43-45-50(59)49(48-64-56-55(63)54(62)53(61)51(47-58)65-56)57-52(60)46-44-42-40-38-36-34-32-30-28-26-24-22-20-18-16-14-12-10-8-6-4-2/h6,8,12,14,18,20,24,26,49-51,53-56,58-59,61-63H,3-5,7,9-11,13,15-17,19,21-23,25,27-48H2,1-2H3,(H,57,60)/b8-6-,14-12-,20-18-,26-24-. The average Bonchev–Trinajstić information content (AvgIpc) is 3.31. The first-order chi connectivity index (χ1) is 31.8. The van der Waals surface area contributed by atoms with Crippen LogP contribution in [-0.4, -0.2) is 87.5 Å². The van der Waals surface area contributed by atoms with Crippen molar-refractivity contribution in [3.8, 4) is 0 Å². The fourth-order valence-corrected chi connectivity index (χ4v) is 8.62. The summed E-state index contributed by atoms with van der Waals surface area (Å²) in [7, 11) is 0. The van der Waals surface area contributed by atoms with Crippen molar-refractivity contribution in [2.45, 2.75) is 288 Å². The van der Waals surface area contributed by atoms with E-state index in [2.05, 4.69) is 67.8 Å². The van der Waals surface area contributed by atoms with Crippen LogP contribution in [0.15, 0.2) is 48.6 Å². The van der Waals surface area contributed by atoms with Gasteiger partial charge in [0.05, 0.1) is 25.4 Å². The van der Waals surface area contributed by atoms with Crippen LogP contribution in [-0.2, 0) is 14.3 Å². The molecule has 1 aliphatic heterocycles. The van der Waals surface area contributed by atoms with Crippen molar-refractivity contribution in [1.82, 2.24) is 5.32 Å². The van der Waals surface area contributed by atoms with Crippen LogP contribution in [0.5, 0.6) is 0 Å². The predicted octanol–water partition coefficient (Wildman–Crippen LogP) is 13.0. The van der Waals surface area contributed by atoms with Crippen LogP contribution in [0.2, 0.25) is 0 Å². The Morgan fingerprint density at radius 3 is 1.42 bits per heavy atom. The van der Waals surface area contributed by atoms with Gasteiger partial charge in [0.1, 0.15) is 24.4 Å². The Morgan fingerprint density at radius 1 is 0.538 bits per heavy atom. The van der Waals surface area contributed by atoms with E-state index in [4.69, 9.17) is 9.47 Å². The van der Waals surface area contributed by atoms with Crippen molar-refractivity contribution in [2.75, 3.05) is 13.2 Å². The number of carbonyl (C=O) groups is 1. The van der Waals surface area contributed by atoms with Crippen molar-refractivity contribution in [1.29, 1.82) is 0 Å². The highest BCUT2D eigenvalue weighted by molar-refractivity contribution is 5.76. The highest BCUT2D eigenvalue weighted by Gasteiger charge is 2.44. The number of unbranched alkanes of at least 4 members (excludes halogenated alkanes) is 28. The fourth-order valence-electron chi connectivity index (χ4n) is 8.62. The molecule has 7 unspecified atom stereocenters. The number of ether oxygens (including phenoxy) is 2. The van der Waals surface area contributed by atoms with Crippen LogP contribution in [0.25, 0.3) is 0 Å². The quantitative estimate of drug-likeness (QED) is 0.0261. The normalized spacial score (nSPS) is 20.3. The van der Waals surface area contributed by atoms with E-state index in [1.165, 1.54) is 148 Å². The first-order valence-corrected chi connectivity index (χ1v) is 27.3. The van der Waals surface area contributed by atoms with Gasteiger partial charge in [0.25, 0.3) is 0 Å². The molecule has 7 atom stereocenters. The number of amides is 1. The lowest BCUT2D eigenvalue weighted by molar-refractivity contribution is -0.302. The van der Waals surface area contributed by atoms with E-state index in [-0.39, 0.29) is 12.5 Å². The molecule has 9 nitrogen and oxygen atoms in total. The maximum atomic E-state index is 13.1. The topological polar surface area (TPSA) is 149 Å². The summed E-state index contributed by atoms with van der Waals surface area (Å²) in [5.41, 5.74) is 0. The van der Waals surface area contributed by atoms with Crippen LogP contribution in [0.1, 0.15) is 245 Å². The van der Waals surface area contributed by atoms with E-state index in [1.807, 2.05) is 0 Å². The number of aliphatic hydroxyl groups is 5. The van der Waals surface area contributed by atoms with Gasteiger partial charge in [-0.15, -0.1) is 0 Å². The Bertz CT molecular complexity index is 1160. The number of carbonyl (C=O) groups excluding carboxylic acids is 1. The molecule has 1 rings (SSSR count). The zero-order valence-corrected chi connectivity index (χ0v) is 42.0. The van der Waals surface area contributed by atoms with E-state index < -0.39 is 49.5 Å². The number of allylic oxidation sites excluding steroid dienone is 8. The lowest BCUT2D eigenvalue weighted by Gasteiger charge is -2.40. The van der Waals surface area contributed by atoms with Gasteiger partial charge >= 0.3 is 0 Å². The monoisotopic (exact) mass is 918 g/mol. The summed E-state index contributed by atoms with van der Waals surface area (Å²) < 4.78 is 11.3. The largest absolute Gasteiger partial charge is 0.394 e. The molecule has 1 amide bonds. The van der Waals surface area contributed by atoms with Gasteiger partial charge < -0.3 is 40.3 Å². The molecule has 0 radical (unpaired) electrons. The minimum atomic E-state index is -1.56. The molecular formula is C56H103NO8. The molecule has 0 spiro atoms. The van der Waals surface area contributed by atoms with Crippen molar-refractivity contribution >= 4 is 5.91 Å². The van der Waals surface area contributed by atoms with Gasteiger partial charge in [0.2, 0.25) is 5.91 Å². The third-order valence-electron chi connectivity index (χ3n) is 12.9. The summed E-state index contributed by atoms with van der Waals surface area (Å²) >= 11 is 0. The number of rotatable bonds is 46. The van der Waals surface area contributed by atoms with Gasteiger partial charge in [-0.1, -0.05) is 236 Å². The van der Waals surface area contributed by atoms with Crippen LogP contribution in [0, 0.1) is 0 Å². The Balaban J connectivity index is 2.25. The van der Waals surface area contributed by atoms with Crippen molar-refractivity contribution in [2.24, 2.45) is 0 Å².